The van der Waals surface area contributed by atoms with Gasteiger partial charge in [-0.25, -0.2) is 4.57 Å². The van der Waals surface area contributed by atoms with Gasteiger partial charge in [0.15, 0.2) is 0 Å². The number of phosphoric ester groups is 1. The molecule has 49 heavy (non-hydrogen) atoms. The fourth-order valence-corrected chi connectivity index (χ4v) is 6.09. The van der Waals surface area contributed by atoms with Gasteiger partial charge in [0.05, 0.1) is 34.4 Å². The topological polar surface area (TPSA) is 91.3 Å². The van der Waals surface area contributed by atoms with Crippen molar-refractivity contribution in [3.8, 4) is 0 Å². The summed E-state index contributed by atoms with van der Waals surface area (Å²) < 4.78 is 34.8. The van der Waals surface area contributed by atoms with E-state index >= 15 is 0 Å². The average Bonchev–Trinajstić information content (AvgIpc) is 3.04. The van der Waals surface area contributed by atoms with E-state index in [9.17, 15) is 14.3 Å². The predicted molar refractivity (Wildman–Crippen MR) is 206 cm³/mol. The number of carbonyl (C=O) groups excluding carboxylic acids is 1. The van der Waals surface area contributed by atoms with Crippen molar-refractivity contribution >= 4 is 13.8 Å². The van der Waals surface area contributed by atoms with Gasteiger partial charge in [-0.15, -0.1) is 0 Å². The quantitative estimate of drug-likeness (QED) is 0.0225. The van der Waals surface area contributed by atoms with Crippen LogP contribution in [-0.2, 0) is 27.9 Å². The van der Waals surface area contributed by atoms with Crippen molar-refractivity contribution in [2.45, 2.75) is 174 Å². The van der Waals surface area contributed by atoms with Crippen LogP contribution >= 0.6 is 7.82 Å². The molecule has 0 aliphatic rings. The maximum Gasteiger partial charge on any atom is 0.472 e. The molecule has 1 N–H and O–H groups in total. The number of hydrogen-bond donors (Lipinski definition) is 1. The highest BCUT2D eigenvalue weighted by atomic mass is 31.2. The van der Waals surface area contributed by atoms with Crippen LogP contribution in [0.15, 0.2) is 24.3 Å². The van der Waals surface area contributed by atoms with E-state index in [4.69, 9.17) is 18.5 Å². The monoisotopic (exact) mass is 717 g/mol. The highest BCUT2D eigenvalue weighted by molar-refractivity contribution is 7.47. The molecule has 0 radical (unpaired) electrons. The Kier molecular flexibility index (Phi) is 33.4. The Morgan fingerprint density at radius 1 is 0.633 bits per heavy atom. The number of unbranched alkanes of at least 4 members (excludes halogenated alkanes) is 19. The lowest BCUT2D eigenvalue weighted by molar-refractivity contribution is -0.870. The molecule has 8 nitrogen and oxygen atoms in total. The maximum atomic E-state index is 12.6. The molecule has 290 valence electrons. The van der Waals surface area contributed by atoms with Crippen LogP contribution in [0.1, 0.15) is 168 Å². The van der Waals surface area contributed by atoms with Gasteiger partial charge >= 0.3 is 13.8 Å². The van der Waals surface area contributed by atoms with Crippen molar-refractivity contribution < 1.29 is 37.3 Å². The highest BCUT2D eigenvalue weighted by Gasteiger charge is 2.26. The molecule has 2 atom stereocenters. The van der Waals surface area contributed by atoms with Crippen molar-refractivity contribution in [2.75, 3.05) is 54.1 Å². The van der Waals surface area contributed by atoms with Crippen LogP contribution in [0.5, 0.6) is 0 Å². The Balaban J connectivity index is 4.17. The summed E-state index contributed by atoms with van der Waals surface area (Å²) in [6.07, 6.45) is 36.3. The first-order valence-electron chi connectivity index (χ1n) is 20.1. The van der Waals surface area contributed by atoms with Crippen LogP contribution in [0.2, 0.25) is 0 Å². The average molecular weight is 717 g/mol. The van der Waals surface area contributed by atoms with E-state index < -0.39 is 13.9 Å². The Morgan fingerprint density at radius 3 is 1.69 bits per heavy atom. The second-order valence-corrected chi connectivity index (χ2v) is 16.1. The van der Waals surface area contributed by atoms with Crippen molar-refractivity contribution in [2.24, 2.45) is 0 Å². The molecule has 0 spiro atoms. The maximum absolute atomic E-state index is 12.6. The first-order valence-corrected chi connectivity index (χ1v) is 21.6. The molecular formula is C40H79NO7P+. The molecule has 0 aliphatic carbocycles. The fourth-order valence-electron chi connectivity index (χ4n) is 5.35. The van der Waals surface area contributed by atoms with Gasteiger partial charge in [0.1, 0.15) is 19.3 Å². The first-order chi connectivity index (χ1) is 23.6. The zero-order valence-corrected chi connectivity index (χ0v) is 33.6. The van der Waals surface area contributed by atoms with E-state index in [1.807, 2.05) is 21.1 Å². The molecule has 0 heterocycles. The van der Waals surface area contributed by atoms with Crippen LogP contribution in [0, 0.1) is 0 Å². The van der Waals surface area contributed by atoms with Gasteiger partial charge in [0.2, 0.25) is 0 Å². The Morgan fingerprint density at radius 2 is 1.12 bits per heavy atom. The molecule has 0 bridgehead atoms. The van der Waals surface area contributed by atoms with E-state index in [1.165, 1.54) is 109 Å². The number of phosphoric acid groups is 1. The minimum absolute atomic E-state index is 0.0891. The second-order valence-electron chi connectivity index (χ2n) is 14.7. The van der Waals surface area contributed by atoms with Crippen molar-refractivity contribution in [1.82, 2.24) is 0 Å². The van der Waals surface area contributed by atoms with E-state index in [1.54, 1.807) is 0 Å². The summed E-state index contributed by atoms with van der Waals surface area (Å²) in [5.74, 6) is -0.319. The molecule has 0 aromatic heterocycles. The summed E-state index contributed by atoms with van der Waals surface area (Å²) in [7, 11) is 1.67. The summed E-state index contributed by atoms with van der Waals surface area (Å²) in [5, 5.41) is 0. The third kappa shape index (κ3) is 38.1. The normalized spacial score (nSPS) is 14.2. The van der Waals surface area contributed by atoms with Crippen LogP contribution in [0.3, 0.4) is 0 Å². The van der Waals surface area contributed by atoms with Gasteiger partial charge in [-0.2, -0.15) is 0 Å². The van der Waals surface area contributed by atoms with E-state index in [0.29, 0.717) is 24.1 Å². The number of quaternary nitrogens is 1. The molecular weight excluding hydrogens is 637 g/mol. The van der Waals surface area contributed by atoms with Gasteiger partial charge in [-0.3, -0.25) is 13.8 Å². The number of nitrogens with zero attached hydrogens (tertiary/aromatic N) is 1. The SMILES string of the molecule is CCCCC/C=C\C/C=C\CCCCCCCCCCCC(=O)OC(COCCCCCCCCCC)COP(=O)(O)OCC[N+](C)(C)C. The summed E-state index contributed by atoms with van der Waals surface area (Å²) >= 11 is 0. The Hall–Kier alpha value is -1.02. The number of hydrogen-bond acceptors (Lipinski definition) is 6. The number of esters is 1. The summed E-state index contributed by atoms with van der Waals surface area (Å²) in [6, 6.07) is 0. The predicted octanol–water partition coefficient (Wildman–Crippen LogP) is 11.3. The second kappa shape index (κ2) is 34.1. The summed E-state index contributed by atoms with van der Waals surface area (Å²) in [6.45, 7) is 5.58. The van der Waals surface area contributed by atoms with Gasteiger partial charge < -0.3 is 18.9 Å². The Labute approximate surface area is 303 Å². The van der Waals surface area contributed by atoms with Crippen LogP contribution in [-0.4, -0.2) is 75.6 Å². The zero-order valence-electron chi connectivity index (χ0n) is 32.7. The van der Waals surface area contributed by atoms with Crippen molar-refractivity contribution in [1.29, 1.82) is 0 Å². The van der Waals surface area contributed by atoms with E-state index in [0.717, 1.165) is 38.5 Å². The highest BCUT2D eigenvalue weighted by Crippen LogP contribution is 2.43. The zero-order chi connectivity index (χ0) is 36.3. The minimum Gasteiger partial charge on any atom is -0.457 e. The Bertz CT molecular complexity index is 843. The number of rotatable bonds is 37. The van der Waals surface area contributed by atoms with Crippen molar-refractivity contribution in [3.05, 3.63) is 24.3 Å². The van der Waals surface area contributed by atoms with Crippen LogP contribution in [0.4, 0.5) is 0 Å². The third-order valence-electron chi connectivity index (χ3n) is 8.52. The van der Waals surface area contributed by atoms with E-state index in [2.05, 4.69) is 38.2 Å². The summed E-state index contributed by atoms with van der Waals surface area (Å²) in [5.41, 5.74) is 0. The largest absolute Gasteiger partial charge is 0.472 e. The molecule has 0 aromatic carbocycles. The van der Waals surface area contributed by atoms with Crippen molar-refractivity contribution in [3.63, 3.8) is 0 Å². The number of likely N-dealkylation sites (N-methyl/N-ethyl adjacent to an activating group) is 1. The molecule has 0 rings (SSSR count). The lowest BCUT2D eigenvalue weighted by Gasteiger charge is -2.24. The third-order valence-corrected chi connectivity index (χ3v) is 9.50. The molecule has 2 unspecified atom stereocenters. The van der Waals surface area contributed by atoms with Gasteiger partial charge in [0.25, 0.3) is 0 Å². The minimum atomic E-state index is -4.26. The lowest BCUT2D eigenvalue weighted by atomic mass is 10.1. The van der Waals surface area contributed by atoms with Gasteiger partial charge in [-0.1, -0.05) is 141 Å². The molecule has 0 saturated carbocycles. The molecule has 0 aromatic rings. The fraction of sp³-hybridized carbons (Fsp3) is 0.875. The molecule has 0 amide bonds. The standard InChI is InChI=1S/C40H78NO7P/c1-6-8-10-12-14-16-17-18-19-20-21-22-23-24-25-26-27-29-31-33-40(42)48-39(37-45-35-32-30-28-15-13-11-9-7-2)38-47-49(43,44)46-36-34-41(3,4)5/h14,16,18-19,39H,6-13,15,17,20-38H2,1-5H3/p+1/b16-14-,19-18-. The smallest absolute Gasteiger partial charge is 0.457 e. The number of ether oxygens (including phenoxy) is 2. The first kappa shape index (κ1) is 48.0. The number of allylic oxidation sites excluding steroid dienone is 4. The van der Waals surface area contributed by atoms with Crippen LogP contribution < -0.4 is 0 Å². The molecule has 0 fully saturated rings. The summed E-state index contributed by atoms with van der Waals surface area (Å²) in [4.78, 5) is 22.8. The molecule has 0 aliphatic heterocycles. The van der Waals surface area contributed by atoms with Crippen LogP contribution in [0.25, 0.3) is 0 Å². The molecule has 0 saturated heterocycles. The van der Waals surface area contributed by atoms with Gasteiger partial charge in [-0.05, 0) is 44.9 Å². The van der Waals surface area contributed by atoms with E-state index in [-0.39, 0.29) is 25.8 Å². The molecule has 9 heteroatoms. The number of carbonyl (C=O) groups is 1. The van der Waals surface area contributed by atoms with Gasteiger partial charge in [0, 0.05) is 13.0 Å². The lowest BCUT2D eigenvalue weighted by Crippen LogP contribution is -2.37.